The Balaban J connectivity index is 1.98. The van der Waals surface area contributed by atoms with E-state index in [4.69, 9.17) is 9.72 Å². The highest BCUT2D eigenvalue weighted by molar-refractivity contribution is 5.92. The molecule has 0 bridgehead atoms. The second-order valence-electron chi connectivity index (χ2n) is 6.27. The molecule has 1 aliphatic rings. The van der Waals surface area contributed by atoms with Crippen LogP contribution in [0.4, 0.5) is 5.82 Å². The molecule has 1 aromatic heterocycles. The lowest BCUT2D eigenvalue weighted by Gasteiger charge is -2.26. The molecule has 4 heteroatoms. The third-order valence-electron chi connectivity index (χ3n) is 4.79. The minimum absolute atomic E-state index is 0.658. The predicted molar refractivity (Wildman–Crippen MR) is 93.5 cm³/mol. The number of carbonyl (C=O) groups excluding carboxylic acids is 1. The van der Waals surface area contributed by atoms with Crippen LogP contribution in [0.15, 0.2) is 24.3 Å². The number of nitrogens with zero attached hydrogens (tertiary/aromatic N) is 2. The standard InChI is InChI=1S/C19H24N2O2/c1-3-21(12-14-6-4-5-7-14)19-16(13-22)10-15-11-17(23-2)8-9-18(15)20-19/h8-11,13-14H,3-7,12H2,1-2H3. The Morgan fingerprint density at radius 1 is 1.30 bits per heavy atom. The first-order valence-electron chi connectivity index (χ1n) is 8.44. The number of aromatic nitrogens is 1. The van der Waals surface area contributed by atoms with Crippen LogP contribution in [-0.4, -0.2) is 31.5 Å². The average molecular weight is 312 g/mol. The molecular weight excluding hydrogens is 288 g/mol. The lowest BCUT2D eigenvalue weighted by Crippen LogP contribution is -2.30. The molecule has 1 heterocycles. The van der Waals surface area contributed by atoms with Gasteiger partial charge in [0.25, 0.3) is 0 Å². The second kappa shape index (κ2) is 6.99. The maximum absolute atomic E-state index is 11.6. The number of anilines is 1. The van der Waals surface area contributed by atoms with Crippen molar-refractivity contribution in [3.8, 4) is 5.75 Å². The van der Waals surface area contributed by atoms with Crippen LogP contribution >= 0.6 is 0 Å². The number of ether oxygens (including phenoxy) is 1. The number of rotatable bonds is 6. The summed E-state index contributed by atoms with van der Waals surface area (Å²) in [5, 5.41) is 0.937. The SMILES string of the molecule is CCN(CC1CCCC1)c1nc2ccc(OC)cc2cc1C=O. The quantitative estimate of drug-likeness (QED) is 0.754. The van der Waals surface area contributed by atoms with E-state index in [0.717, 1.165) is 47.8 Å². The van der Waals surface area contributed by atoms with Gasteiger partial charge in [0.2, 0.25) is 0 Å². The smallest absolute Gasteiger partial charge is 0.153 e. The summed E-state index contributed by atoms with van der Waals surface area (Å²) < 4.78 is 5.26. The van der Waals surface area contributed by atoms with Crippen LogP contribution in [0, 0.1) is 5.92 Å². The first kappa shape index (κ1) is 15.8. The first-order chi connectivity index (χ1) is 11.2. The molecule has 1 fully saturated rings. The Labute approximate surface area is 137 Å². The van der Waals surface area contributed by atoms with Gasteiger partial charge < -0.3 is 9.64 Å². The average Bonchev–Trinajstić information content (AvgIpc) is 3.11. The Bertz CT molecular complexity index is 693. The maximum Gasteiger partial charge on any atom is 0.153 e. The van der Waals surface area contributed by atoms with Crippen LogP contribution in [0.2, 0.25) is 0 Å². The van der Waals surface area contributed by atoms with Crippen molar-refractivity contribution in [1.29, 1.82) is 0 Å². The Morgan fingerprint density at radius 3 is 2.74 bits per heavy atom. The van der Waals surface area contributed by atoms with Gasteiger partial charge in [0.05, 0.1) is 18.2 Å². The van der Waals surface area contributed by atoms with Gasteiger partial charge in [-0.25, -0.2) is 4.98 Å². The molecule has 0 saturated heterocycles. The Hall–Kier alpha value is -2.10. The number of fused-ring (bicyclic) bond motifs is 1. The topological polar surface area (TPSA) is 42.4 Å². The van der Waals surface area contributed by atoms with Crippen molar-refractivity contribution in [3.05, 3.63) is 29.8 Å². The van der Waals surface area contributed by atoms with Gasteiger partial charge in [0.15, 0.2) is 6.29 Å². The van der Waals surface area contributed by atoms with E-state index in [2.05, 4.69) is 11.8 Å². The zero-order valence-electron chi connectivity index (χ0n) is 13.9. The van der Waals surface area contributed by atoms with Gasteiger partial charge in [0, 0.05) is 18.5 Å². The molecule has 122 valence electrons. The number of hydrogen-bond donors (Lipinski definition) is 0. The van der Waals surface area contributed by atoms with E-state index in [1.54, 1.807) is 7.11 Å². The first-order valence-corrected chi connectivity index (χ1v) is 8.44. The van der Waals surface area contributed by atoms with E-state index in [1.807, 2.05) is 24.3 Å². The van der Waals surface area contributed by atoms with Crippen LogP contribution in [-0.2, 0) is 0 Å². The van der Waals surface area contributed by atoms with Gasteiger partial charge in [-0.3, -0.25) is 4.79 Å². The monoisotopic (exact) mass is 312 g/mol. The molecule has 1 aromatic carbocycles. The number of methoxy groups -OCH3 is 1. The zero-order valence-corrected chi connectivity index (χ0v) is 13.9. The Morgan fingerprint density at radius 2 is 2.09 bits per heavy atom. The molecule has 0 aliphatic heterocycles. The molecule has 0 radical (unpaired) electrons. The molecule has 0 amide bonds. The molecule has 2 aromatic rings. The van der Waals surface area contributed by atoms with Crippen LogP contribution < -0.4 is 9.64 Å². The fourth-order valence-corrected chi connectivity index (χ4v) is 3.50. The molecule has 0 atom stereocenters. The number of hydrogen-bond acceptors (Lipinski definition) is 4. The van der Waals surface area contributed by atoms with Crippen molar-refractivity contribution in [2.24, 2.45) is 5.92 Å². The second-order valence-corrected chi connectivity index (χ2v) is 6.27. The third kappa shape index (κ3) is 3.31. The highest BCUT2D eigenvalue weighted by Crippen LogP contribution is 2.29. The number of pyridine rings is 1. The summed E-state index contributed by atoms with van der Waals surface area (Å²) >= 11 is 0. The minimum Gasteiger partial charge on any atom is -0.497 e. The number of aldehydes is 1. The lowest BCUT2D eigenvalue weighted by atomic mass is 10.1. The van der Waals surface area contributed by atoms with Crippen LogP contribution in [0.3, 0.4) is 0 Å². The van der Waals surface area contributed by atoms with E-state index in [-0.39, 0.29) is 0 Å². The van der Waals surface area contributed by atoms with Crippen molar-refractivity contribution >= 4 is 23.0 Å². The summed E-state index contributed by atoms with van der Waals surface area (Å²) in [4.78, 5) is 18.6. The van der Waals surface area contributed by atoms with Crippen molar-refractivity contribution in [2.45, 2.75) is 32.6 Å². The van der Waals surface area contributed by atoms with E-state index in [0.29, 0.717) is 5.56 Å². The molecule has 0 spiro atoms. The number of benzene rings is 1. The summed E-state index contributed by atoms with van der Waals surface area (Å²) in [5.41, 5.74) is 1.56. The zero-order chi connectivity index (χ0) is 16.2. The van der Waals surface area contributed by atoms with Crippen molar-refractivity contribution in [3.63, 3.8) is 0 Å². The van der Waals surface area contributed by atoms with Crippen molar-refractivity contribution in [1.82, 2.24) is 4.98 Å². The van der Waals surface area contributed by atoms with E-state index >= 15 is 0 Å². The molecule has 3 rings (SSSR count). The largest absolute Gasteiger partial charge is 0.497 e. The summed E-state index contributed by atoms with van der Waals surface area (Å²) in [7, 11) is 1.64. The number of carbonyl (C=O) groups is 1. The van der Waals surface area contributed by atoms with Gasteiger partial charge in [-0.2, -0.15) is 0 Å². The molecule has 4 nitrogen and oxygen atoms in total. The Kier molecular flexibility index (Phi) is 4.79. The summed E-state index contributed by atoms with van der Waals surface area (Å²) in [6.45, 7) is 3.99. The highest BCUT2D eigenvalue weighted by Gasteiger charge is 2.20. The van der Waals surface area contributed by atoms with E-state index in [1.165, 1.54) is 25.7 Å². The van der Waals surface area contributed by atoms with Gasteiger partial charge in [-0.1, -0.05) is 12.8 Å². The van der Waals surface area contributed by atoms with Gasteiger partial charge in [-0.05, 0) is 49.9 Å². The van der Waals surface area contributed by atoms with E-state index < -0.39 is 0 Å². The van der Waals surface area contributed by atoms with Crippen molar-refractivity contribution in [2.75, 3.05) is 25.1 Å². The normalized spacial score (nSPS) is 15.0. The summed E-state index contributed by atoms with van der Waals surface area (Å²) in [6, 6.07) is 7.71. The molecule has 1 saturated carbocycles. The van der Waals surface area contributed by atoms with Gasteiger partial charge in [-0.15, -0.1) is 0 Å². The maximum atomic E-state index is 11.6. The van der Waals surface area contributed by atoms with Gasteiger partial charge >= 0.3 is 0 Å². The molecule has 23 heavy (non-hydrogen) atoms. The highest BCUT2D eigenvalue weighted by atomic mass is 16.5. The molecule has 1 aliphatic carbocycles. The predicted octanol–water partition coefficient (Wildman–Crippen LogP) is 4.07. The molecule has 0 N–H and O–H groups in total. The van der Waals surface area contributed by atoms with Gasteiger partial charge in [0.1, 0.15) is 11.6 Å². The van der Waals surface area contributed by atoms with E-state index in [9.17, 15) is 4.79 Å². The minimum atomic E-state index is 0.658. The lowest BCUT2D eigenvalue weighted by molar-refractivity contribution is 0.112. The van der Waals surface area contributed by atoms with Crippen LogP contribution in [0.5, 0.6) is 5.75 Å². The summed E-state index contributed by atoms with van der Waals surface area (Å²) in [5.74, 6) is 2.32. The molecule has 0 unspecified atom stereocenters. The fraction of sp³-hybridized carbons (Fsp3) is 0.474. The van der Waals surface area contributed by atoms with Crippen molar-refractivity contribution < 1.29 is 9.53 Å². The third-order valence-corrected chi connectivity index (χ3v) is 4.79. The summed E-state index contributed by atoms with van der Waals surface area (Å²) in [6.07, 6.45) is 6.15. The van der Waals surface area contributed by atoms with Crippen LogP contribution in [0.1, 0.15) is 43.0 Å². The molecular formula is C19H24N2O2. The fourth-order valence-electron chi connectivity index (χ4n) is 3.50. The van der Waals surface area contributed by atoms with Crippen LogP contribution in [0.25, 0.3) is 10.9 Å².